The summed E-state index contributed by atoms with van der Waals surface area (Å²) in [7, 11) is 4.50. The van der Waals surface area contributed by atoms with Crippen LogP contribution in [0, 0.1) is 0 Å². The Kier molecular flexibility index (Phi) is 4.04. The minimum absolute atomic E-state index is 0.250. The first kappa shape index (κ1) is 13.8. The molecule has 0 N–H and O–H groups in total. The molecule has 1 heterocycles. The number of hydrogen-bond acceptors (Lipinski definition) is 5. The number of hydrogen-bond donors (Lipinski definition) is 0. The number of methoxy groups -OCH3 is 3. The summed E-state index contributed by atoms with van der Waals surface area (Å²) < 4.78 is 15.3. The SMILES string of the molecule is COC(=O)C1CCN1c1cc(Cl)c(OC)cc1OC. The first-order valence-electron chi connectivity index (χ1n) is 5.88. The van der Waals surface area contributed by atoms with E-state index in [1.54, 1.807) is 26.4 Å². The molecule has 0 aliphatic carbocycles. The fourth-order valence-corrected chi connectivity index (χ4v) is 2.36. The molecule has 1 aliphatic rings. The Hall–Kier alpha value is -1.62. The molecule has 0 saturated carbocycles. The predicted molar refractivity (Wildman–Crippen MR) is 72.3 cm³/mol. The molecule has 0 aromatic heterocycles. The van der Waals surface area contributed by atoms with Gasteiger partial charge in [-0.3, -0.25) is 0 Å². The smallest absolute Gasteiger partial charge is 0.328 e. The molecule has 0 amide bonds. The highest BCUT2D eigenvalue weighted by Gasteiger charge is 2.37. The number of esters is 1. The summed E-state index contributed by atoms with van der Waals surface area (Å²) in [6.45, 7) is 0.763. The van der Waals surface area contributed by atoms with Gasteiger partial charge < -0.3 is 19.1 Å². The third-order valence-electron chi connectivity index (χ3n) is 3.26. The highest BCUT2D eigenvalue weighted by Crippen LogP contribution is 2.41. The van der Waals surface area contributed by atoms with Gasteiger partial charge in [-0.15, -0.1) is 0 Å². The fourth-order valence-electron chi connectivity index (χ4n) is 2.13. The average Bonchev–Trinajstić information content (AvgIpc) is 2.37. The van der Waals surface area contributed by atoms with Crippen molar-refractivity contribution in [1.82, 2.24) is 0 Å². The second-order valence-corrected chi connectivity index (χ2v) is 4.59. The van der Waals surface area contributed by atoms with E-state index in [0.717, 1.165) is 18.7 Å². The van der Waals surface area contributed by atoms with E-state index in [0.29, 0.717) is 16.5 Å². The van der Waals surface area contributed by atoms with Crippen LogP contribution in [0.2, 0.25) is 5.02 Å². The number of rotatable bonds is 4. The zero-order chi connectivity index (χ0) is 14.0. The van der Waals surface area contributed by atoms with E-state index < -0.39 is 0 Å². The third-order valence-corrected chi connectivity index (χ3v) is 3.55. The van der Waals surface area contributed by atoms with Gasteiger partial charge >= 0.3 is 5.97 Å². The van der Waals surface area contributed by atoms with Gasteiger partial charge in [0.1, 0.15) is 17.5 Å². The van der Waals surface area contributed by atoms with Crippen LogP contribution in [-0.4, -0.2) is 39.9 Å². The molecule has 1 atom stereocenters. The van der Waals surface area contributed by atoms with Crippen molar-refractivity contribution < 1.29 is 19.0 Å². The van der Waals surface area contributed by atoms with Crippen molar-refractivity contribution in [2.45, 2.75) is 12.5 Å². The quantitative estimate of drug-likeness (QED) is 0.793. The highest BCUT2D eigenvalue weighted by atomic mass is 35.5. The normalized spacial score (nSPS) is 17.7. The van der Waals surface area contributed by atoms with Crippen LogP contribution in [0.25, 0.3) is 0 Å². The second-order valence-electron chi connectivity index (χ2n) is 4.18. The minimum atomic E-state index is -0.275. The number of carbonyl (C=O) groups excluding carboxylic acids is 1. The largest absolute Gasteiger partial charge is 0.495 e. The molecule has 19 heavy (non-hydrogen) atoms. The average molecular weight is 286 g/mol. The number of carbonyl (C=O) groups is 1. The van der Waals surface area contributed by atoms with Crippen molar-refractivity contribution in [2.24, 2.45) is 0 Å². The van der Waals surface area contributed by atoms with Gasteiger partial charge in [-0.1, -0.05) is 11.6 Å². The Morgan fingerprint density at radius 3 is 2.42 bits per heavy atom. The molecule has 1 saturated heterocycles. The first-order chi connectivity index (χ1) is 9.12. The van der Waals surface area contributed by atoms with Crippen LogP contribution in [0.15, 0.2) is 12.1 Å². The number of halogens is 1. The van der Waals surface area contributed by atoms with E-state index in [1.165, 1.54) is 7.11 Å². The standard InChI is InChI=1S/C13H16ClNO4/c1-17-11-7-12(18-2)10(6-8(11)14)15-5-4-9(15)13(16)19-3/h6-7,9H,4-5H2,1-3H3. The van der Waals surface area contributed by atoms with E-state index in [2.05, 4.69) is 0 Å². The summed E-state index contributed by atoms with van der Waals surface area (Å²) in [5.74, 6) is 0.910. The lowest BCUT2D eigenvalue weighted by Gasteiger charge is -2.41. The zero-order valence-corrected chi connectivity index (χ0v) is 11.9. The van der Waals surface area contributed by atoms with Crippen LogP contribution in [0.5, 0.6) is 11.5 Å². The zero-order valence-electron chi connectivity index (χ0n) is 11.1. The Labute approximate surface area is 117 Å². The van der Waals surface area contributed by atoms with Gasteiger partial charge in [-0.05, 0) is 12.5 Å². The summed E-state index contributed by atoms with van der Waals surface area (Å²) in [4.78, 5) is 13.5. The molecule has 104 valence electrons. The van der Waals surface area contributed by atoms with Gasteiger partial charge in [0.2, 0.25) is 0 Å². The molecule has 1 fully saturated rings. The summed E-state index contributed by atoms with van der Waals surface area (Å²) in [6, 6.07) is 3.18. The number of benzene rings is 1. The van der Waals surface area contributed by atoms with Gasteiger partial charge in [0.15, 0.2) is 0 Å². The van der Waals surface area contributed by atoms with E-state index in [-0.39, 0.29) is 12.0 Å². The molecule has 0 spiro atoms. The molecule has 2 rings (SSSR count). The molecular weight excluding hydrogens is 270 g/mol. The molecule has 0 radical (unpaired) electrons. The van der Waals surface area contributed by atoms with Crippen molar-refractivity contribution in [1.29, 1.82) is 0 Å². The van der Waals surface area contributed by atoms with Crippen molar-refractivity contribution in [3.63, 3.8) is 0 Å². The summed E-state index contributed by atoms with van der Waals surface area (Å²) in [5, 5.41) is 0.480. The lowest BCUT2D eigenvalue weighted by atomic mass is 10.0. The summed E-state index contributed by atoms with van der Waals surface area (Å²) in [6.07, 6.45) is 0.763. The van der Waals surface area contributed by atoms with Crippen molar-refractivity contribution >= 4 is 23.3 Å². The van der Waals surface area contributed by atoms with Crippen LogP contribution in [0.4, 0.5) is 5.69 Å². The van der Waals surface area contributed by atoms with E-state index >= 15 is 0 Å². The molecular formula is C13H16ClNO4. The Morgan fingerprint density at radius 1 is 1.26 bits per heavy atom. The topological polar surface area (TPSA) is 48.0 Å². The predicted octanol–water partition coefficient (Wildman–Crippen LogP) is 2.11. The van der Waals surface area contributed by atoms with E-state index in [4.69, 9.17) is 25.8 Å². The molecule has 0 bridgehead atoms. The summed E-state index contributed by atoms with van der Waals surface area (Å²) in [5.41, 5.74) is 0.773. The monoisotopic (exact) mass is 285 g/mol. The van der Waals surface area contributed by atoms with E-state index in [9.17, 15) is 4.79 Å². The maximum Gasteiger partial charge on any atom is 0.328 e. The van der Waals surface area contributed by atoms with Crippen LogP contribution in [0.1, 0.15) is 6.42 Å². The van der Waals surface area contributed by atoms with Gasteiger partial charge in [-0.2, -0.15) is 0 Å². The van der Waals surface area contributed by atoms with Crippen molar-refractivity contribution in [3.8, 4) is 11.5 Å². The van der Waals surface area contributed by atoms with Gasteiger partial charge in [0.25, 0.3) is 0 Å². The molecule has 1 aliphatic heterocycles. The van der Waals surface area contributed by atoms with Gasteiger partial charge in [0.05, 0.1) is 32.0 Å². The number of ether oxygens (including phenoxy) is 3. The van der Waals surface area contributed by atoms with Crippen LogP contribution in [-0.2, 0) is 9.53 Å². The van der Waals surface area contributed by atoms with Crippen molar-refractivity contribution in [3.05, 3.63) is 17.2 Å². The number of anilines is 1. The Morgan fingerprint density at radius 2 is 1.95 bits per heavy atom. The van der Waals surface area contributed by atoms with Crippen LogP contribution in [0.3, 0.4) is 0 Å². The lowest BCUT2D eigenvalue weighted by Crippen LogP contribution is -2.53. The molecule has 6 heteroatoms. The highest BCUT2D eigenvalue weighted by molar-refractivity contribution is 6.32. The Balaban J connectivity index is 2.34. The first-order valence-corrected chi connectivity index (χ1v) is 6.26. The molecule has 1 unspecified atom stereocenters. The lowest BCUT2D eigenvalue weighted by molar-refractivity contribution is -0.143. The van der Waals surface area contributed by atoms with E-state index in [1.807, 2.05) is 4.90 Å². The molecule has 5 nitrogen and oxygen atoms in total. The maximum atomic E-state index is 11.6. The van der Waals surface area contributed by atoms with Crippen molar-refractivity contribution in [2.75, 3.05) is 32.8 Å². The number of nitrogens with zero attached hydrogens (tertiary/aromatic N) is 1. The van der Waals surface area contributed by atoms with Crippen LogP contribution < -0.4 is 14.4 Å². The van der Waals surface area contributed by atoms with Crippen LogP contribution >= 0.6 is 11.6 Å². The Bertz CT molecular complexity index is 492. The second kappa shape index (κ2) is 5.57. The summed E-state index contributed by atoms with van der Waals surface area (Å²) >= 11 is 6.12. The minimum Gasteiger partial charge on any atom is -0.495 e. The third kappa shape index (κ3) is 2.42. The fraction of sp³-hybridized carbons (Fsp3) is 0.462. The molecule has 1 aromatic rings. The maximum absolute atomic E-state index is 11.6. The van der Waals surface area contributed by atoms with Gasteiger partial charge in [0, 0.05) is 12.6 Å². The molecule has 1 aromatic carbocycles. The van der Waals surface area contributed by atoms with Gasteiger partial charge in [-0.25, -0.2) is 4.79 Å².